The zero-order valence-corrected chi connectivity index (χ0v) is 12.7. The van der Waals surface area contributed by atoms with Gasteiger partial charge in [-0.2, -0.15) is 0 Å². The van der Waals surface area contributed by atoms with Crippen LogP contribution in [0.15, 0.2) is 40.9 Å². The molecule has 0 fully saturated rings. The standard InChI is InChI=1S/C15H12BrFO4/c1-20-13-4-2-9(15(18)19)6-10(13)8-21-14-5-3-11(17)7-12(14)16/h2-7H,8H2,1H3,(H,18,19). The summed E-state index contributed by atoms with van der Waals surface area (Å²) in [5.41, 5.74) is 0.737. The minimum absolute atomic E-state index is 0.106. The van der Waals surface area contributed by atoms with Crippen molar-refractivity contribution in [3.05, 3.63) is 57.8 Å². The number of hydrogen-bond acceptors (Lipinski definition) is 3. The minimum Gasteiger partial charge on any atom is -0.496 e. The first-order valence-corrected chi connectivity index (χ1v) is 6.78. The lowest BCUT2D eigenvalue weighted by atomic mass is 10.1. The fourth-order valence-corrected chi connectivity index (χ4v) is 2.24. The highest BCUT2D eigenvalue weighted by Crippen LogP contribution is 2.28. The summed E-state index contributed by atoms with van der Waals surface area (Å²) in [7, 11) is 1.49. The zero-order valence-electron chi connectivity index (χ0n) is 11.1. The molecule has 0 aromatic heterocycles. The van der Waals surface area contributed by atoms with Gasteiger partial charge in [-0.15, -0.1) is 0 Å². The third-order valence-electron chi connectivity index (χ3n) is 2.80. The van der Waals surface area contributed by atoms with Crippen LogP contribution < -0.4 is 9.47 Å². The largest absolute Gasteiger partial charge is 0.496 e. The van der Waals surface area contributed by atoms with E-state index in [0.717, 1.165) is 0 Å². The molecule has 0 saturated heterocycles. The average Bonchev–Trinajstić information content (AvgIpc) is 2.46. The van der Waals surface area contributed by atoms with Gasteiger partial charge in [-0.25, -0.2) is 9.18 Å². The van der Waals surface area contributed by atoms with Gasteiger partial charge in [0.15, 0.2) is 0 Å². The van der Waals surface area contributed by atoms with Crippen molar-refractivity contribution in [3.63, 3.8) is 0 Å². The summed E-state index contributed by atoms with van der Waals surface area (Å²) in [6, 6.07) is 8.58. The topological polar surface area (TPSA) is 55.8 Å². The lowest BCUT2D eigenvalue weighted by Crippen LogP contribution is -2.03. The second-order valence-electron chi connectivity index (χ2n) is 4.20. The Hall–Kier alpha value is -2.08. The highest BCUT2D eigenvalue weighted by Gasteiger charge is 2.10. The van der Waals surface area contributed by atoms with E-state index in [-0.39, 0.29) is 18.0 Å². The molecule has 0 saturated carbocycles. The van der Waals surface area contributed by atoms with Gasteiger partial charge in [-0.1, -0.05) is 0 Å². The fourth-order valence-electron chi connectivity index (χ4n) is 1.77. The summed E-state index contributed by atoms with van der Waals surface area (Å²) in [6.07, 6.45) is 0. The van der Waals surface area contributed by atoms with Crippen molar-refractivity contribution in [2.45, 2.75) is 6.61 Å². The SMILES string of the molecule is COc1ccc(C(=O)O)cc1COc1ccc(F)cc1Br. The van der Waals surface area contributed by atoms with Crippen molar-refractivity contribution in [3.8, 4) is 11.5 Å². The Balaban J connectivity index is 2.22. The molecule has 0 aliphatic heterocycles. The zero-order chi connectivity index (χ0) is 15.4. The molecule has 0 aliphatic carbocycles. The number of benzene rings is 2. The van der Waals surface area contributed by atoms with E-state index < -0.39 is 5.97 Å². The number of ether oxygens (including phenoxy) is 2. The van der Waals surface area contributed by atoms with Gasteiger partial charge in [-0.3, -0.25) is 0 Å². The van der Waals surface area contributed by atoms with Crippen LogP contribution in [0.4, 0.5) is 4.39 Å². The molecule has 0 bridgehead atoms. The van der Waals surface area contributed by atoms with E-state index in [2.05, 4.69) is 15.9 Å². The van der Waals surface area contributed by atoms with Crippen LogP contribution >= 0.6 is 15.9 Å². The normalized spacial score (nSPS) is 10.2. The second-order valence-corrected chi connectivity index (χ2v) is 5.05. The molecule has 2 aromatic carbocycles. The lowest BCUT2D eigenvalue weighted by molar-refractivity contribution is 0.0696. The van der Waals surface area contributed by atoms with Crippen LogP contribution in [0.2, 0.25) is 0 Å². The van der Waals surface area contributed by atoms with Gasteiger partial charge in [0.1, 0.15) is 23.9 Å². The van der Waals surface area contributed by atoms with Crippen LogP contribution in [0.5, 0.6) is 11.5 Å². The smallest absolute Gasteiger partial charge is 0.335 e. The molecule has 6 heteroatoms. The Morgan fingerprint density at radius 2 is 1.95 bits per heavy atom. The number of halogens is 2. The Morgan fingerprint density at radius 1 is 1.24 bits per heavy atom. The van der Waals surface area contributed by atoms with Crippen molar-refractivity contribution >= 4 is 21.9 Å². The molecular formula is C15H12BrFO4. The molecule has 4 nitrogen and oxygen atoms in total. The monoisotopic (exact) mass is 354 g/mol. The summed E-state index contributed by atoms with van der Waals surface area (Å²) in [5, 5.41) is 9.00. The molecule has 0 heterocycles. The Morgan fingerprint density at radius 3 is 2.57 bits per heavy atom. The first kappa shape index (κ1) is 15.3. The van der Waals surface area contributed by atoms with E-state index in [1.807, 2.05) is 0 Å². The van der Waals surface area contributed by atoms with Crippen molar-refractivity contribution in [2.24, 2.45) is 0 Å². The van der Waals surface area contributed by atoms with Crippen LogP contribution in [0, 0.1) is 5.82 Å². The first-order chi connectivity index (χ1) is 10.0. The predicted molar refractivity (Wildman–Crippen MR) is 78.4 cm³/mol. The van der Waals surface area contributed by atoms with Gasteiger partial charge in [0.2, 0.25) is 0 Å². The Bertz CT molecular complexity index is 673. The molecule has 0 spiro atoms. The van der Waals surface area contributed by atoms with E-state index in [1.54, 1.807) is 6.07 Å². The summed E-state index contributed by atoms with van der Waals surface area (Å²) in [6.45, 7) is 0.106. The van der Waals surface area contributed by atoms with Crippen LogP contribution in [-0.4, -0.2) is 18.2 Å². The summed E-state index contributed by atoms with van der Waals surface area (Å²) >= 11 is 3.20. The fraction of sp³-hybridized carbons (Fsp3) is 0.133. The van der Waals surface area contributed by atoms with E-state index in [1.165, 1.54) is 37.4 Å². The van der Waals surface area contributed by atoms with Gasteiger partial charge in [0, 0.05) is 5.56 Å². The second kappa shape index (κ2) is 6.58. The van der Waals surface area contributed by atoms with Crippen LogP contribution in [0.3, 0.4) is 0 Å². The minimum atomic E-state index is -1.03. The van der Waals surface area contributed by atoms with Gasteiger partial charge in [0.25, 0.3) is 0 Å². The molecule has 0 radical (unpaired) electrons. The number of rotatable bonds is 5. The third-order valence-corrected chi connectivity index (χ3v) is 3.42. The molecule has 0 aliphatic rings. The quantitative estimate of drug-likeness (QED) is 0.885. The molecule has 0 atom stereocenters. The number of carboxylic acid groups (broad SMARTS) is 1. The highest BCUT2D eigenvalue weighted by molar-refractivity contribution is 9.10. The van der Waals surface area contributed by atoms with E-state index in [4.69, 9.17) is 14.6 Å². The molecule has 2 rings (SSSR count). The van der Waals surface area contributed by atoms with E-state index >= 15 is 0 Å². The van der Waals surface area contributed by atoms with E-state index in [9.17, 15) is 9.18 Å². The highest BCUT2D eigenvalue weighted by atomic mass is 79.9. The number of aromatic carboxylic acids is 1. The predicted octanol–water partition coefficient (Wildman–Crippen LogP) is 3.87. The van der Waals surface area contributed by atoms with Crippen molar-refractivity contribution in [2.75, 3.05) is 7.11 Å². The number of carboxylic acids is 1. The van der Waals surface area contributed by atoms with Gasteiger partial charge in [0.05, 0.1) is 17.1 Å². The Labute approximate surface area is 129 Å². The molecule has 2 aromatic rings. The molecule has 0 amide bonds. The van der Waals surface area contributed by atoms with Gasteiger partial charge in [-0.05, 0) is 52.3 Å². The van der Waals surface area contributed by atoms with Crippen molar-refractivity contribution in [1.82, 2.24) is 0 Å². The average molecular weight is 355 g/mol. The first-order valence-electron chi connectivity index (χ1n) is 5.99. The van der Waals surface area contributed by atoms with Crippen molar-refractivity contribution in [1.29, 1.82) is 0 Å². The van der Waals surface area contributed by atoms with Gasteiger partial charge >= 0.3 is 5.97 Å². The third kappa shape index (κ3) is 3.72. The summed E-state index contributed by atoms with van der Waals surface area (Å²) in [5.74, 6) is -0.418. The maximum atomic E-state index is 13.0. The summed E-state index contributed by atoms with van der Waals surface area (Å²) in [4.78, 5) is 11.0. The molecule has 0 unspecified atom stereocenters. The number of methoxy groups -OCH3 is 1. The maximum Gasteiger partial charge on any atom is 0.335 e. The molecule has 110 valence electrons. The van der Waals surface area contributed by atoms with Crippen LogP contribution in [0.25, 0.3) is 0 Å². The van der Waals surface area contributed by atoms with Crippen LogP contribution in [-0.2, 0) is 6.61 Å². The number of carbonyl (C=O) groups is 1. The van der Waals surface area contributed by atoms with E-state index in [0.29, 0.717) is 21.5 Å². The lowest BCUT2D eigenvalue weighted by Gasteiger charge is -2.12. The van der Waals surface area contributed by atoms with Crippen molar-refractivity contribution < 1.29 is 23.8 Å². The maximum absolute atomic E-state index is 13.0. The summed E-state index contributed by atoms with van der Waals surface area (Å²) < 4.78 is 24.2. The Kier molecular flexibility index (Phi) is 4.80. The molecule has 1 N–H and O–H groups in total. The van der Waals surface area contributed by atoms with Gasteiger partial charge < -0.3 is 14.6 Å². The molecular weight excluding hydrogens is 343 g/mol. The van der Waals surface area contributed by atoms with Crippen LogP contribution in [0.1, 0.15) is 15.9 Å². The number of hydrogen-bond donors (Lipinski definition) is 1. The molecule has 21 heavy (non-hydrogen) atoms.